The van der Waals surface area contributed by atoms with Crippen molar-refractivity contribution in [2.24, 2.45) is 0 Å². The first-order valence-electron chi connectivity index (χ1n) is 11.0. The molecule has 0 aliphatic heterocycles. The van der Waals surface area contributed by atoms with E-state index in [1.54, 1.807) is 12.1 Å². The van der Waals surface area contributed by atoms with Gasteiger partial charge in [-0.25, -0.2) is 4.39 Å². The summed E-state index contributed by atoms with van der Waals surface area (Å²) in [5.74, 6) is -2.77. The molecule has 0 fully saturated rings. The van der Waals surface area contributed by atoms with Crippen molar-refractivity contribution in [1.82, 2.24) is 5.32 Å². The fraction of sp³-hybridized carbons (Fsp3) is 0.269. The van der Waals surface area contributed by atoms with E-state index in [1.165, 1.54) is 29.2 Å². The van der Waals surface area contributed by atoms with Crippen LogP contribution in [0.15, 0.2) is 66.7 Å². The molecule has 0 saturated heterocycles. The topological polar surface area (TPSA) is 95.6 Å². The number of nitrogens with zero attached hydrogens (tertiary/aromatic N) is 1. The number of hydrogen-bond donors (Lipinski definition) is 2. The van der Waals surface area contributed by atoms with Crippen molar-refractivity contribution in [2.75, 3.05) is 28.3 Å². The Morgan fingerprint density at radius 2 is 1.54 bits per heavy atom. The number of anilines is 2. The standard InChI is InChI=1S/C26H28FN3O4S/c1-26(2,3)29-23(31)15-30(22-10-6-8-18-7-4-5-9-21(18)22)25(33)17-35(34)16-24(32)28-20-13-11-19(27)12-14-20/h4-14H,15-17H2,1-3H3,(H,28,32)(H,29,31). The molecule has 0 saturated carbocycles. The zero-order chi connectivity index (χ0) is 25.6. The molecule has 184 valence electrons. The molecule has 2 N–H and O–H groups in total. The van der Waals surface area contributed by atoms with Crippen molar-refractivity contribution in [3.8, 4) is 0 Å². The maximum atomic E-state index is 13.3. The lowest BCUT2D eigenvalue weighted by Gasteiger charge is -2.27. The summed E-state index contributed by atoms with van der Waals surface area (Å²) < 4.78 is 25.7. The summed E-state index contributed by atoms with van der Waals surface area (Å²) in [6.07, 6.45) is 0. The van der Waals surface area contributed by atoms with Crippen LogP contribution in [0.2, 0.25) is 0 Å². The Hall–Kier alpha value is -3.59. The monoisotopic (exact) mass is 497 g/mol. The highest BCUT2D eigenvalue weighted by Crippen LogP contribution is 2.27. The summed E-state index contributed by atoms with van der Waals surface area (Å²) in [4.78, 5) is 39.5. The molecule has 3 aromatic rings. The Morgan fingerprint density at radius 3 is 2.23 bits per heavy atom. The van der Waals surface area contributed by atoms with Crippen LogP contribution < -0.4 is 15.5 Å². The van der Waals surface area contributed by atoms with Crippen LogP contribution in [0.4, 0.5) is 15.8 Å². The summed E-state index contributed by atoms with van der Waals surface area (Å²) in [5.41, 5.74) is 0.382. The zero-order valence-corrected chi connectivity index (χ0v) is 20.7. The van der Waals surface area contributed by atoms with Gasteiger partial charge >= 0.3 is 0 Å². The Kier molecular flexibility index (Phi) is 8.34. The second kappa shape index (κ2) is 11.2. The van der Waals surface area contributed by atoms with Crippen molar-refractivity contribution in [1.29, 1.82) is 0 Å². The number of rotatable bonds is 8. The second-order valence-corrected chi connectivity index (χ2v) is 10.5. The minimum absolute atomic E-state index is 0.261. The van der Waals surface area contributed by atoms with Crippen molar-refractivity contribution < 1.29 is 23.0 Å². The number of benzene rings is 3. The highest BCUT2D eigenvalue weighted by Gasteiger charge is 2.25. The normalized spacial score (nSPS) is 12.1. The number of carbonyl (C=O) groups is 3. The van der Waals surface area contributed by atoms with Gasteiger partial charge in [0, 0.05) is 27.4 Å². The van der Waals surface area contributed by atoms with Gasteiger partial charge < -0.3 is 15.5 Å². The van der Waals surface area contributed by atoms with Crippen LogP contribution in [0, 0.1) is 5.82 Å². The van der Waals surface area contributed by atoms with E-state index >= 15 is 0 Å². The molecule has 0 aromatic heterocycles. The number of carbonyl (C=O) groups excluding carboxylic acids is 3. The molecular formula is C26H28FN3O4S. The lowest BCUT2D eigenvalue weighted by molar-refractivity contribution is -0.124. The van der Waals surface area contributed by atoms with E-state index in [-0.39, 0.29) is 12.5 Å². The largest absolute Gasteiger partial charge is 0.350 e. The SMILES string of the molecule is CC(C)(C)NC(=O)CN(C(=O)CS(=O)CC(=O)Nc1ccc(F)cc1)c1cccc2ccccc12. The van der Waals surface area contributed by atoms with Crippen LogP contribution in [0.5, 0.6) is 0 Å². The average Bonchev–Trinajstić information content (AvgIpc) is 2.77. The smallest absolute Gasteiger partial charge is 0.240 e. The first-order valence-corrected chi connectivity index (χ1v) is 12.5. The van der Waals surface area contributed by atoms with E-state index in [1.807, 2.05) is 51.1 Å². The zero-order valence-electron chi connectivity index (χ0n) is 19.8. The quantitative estimate of drug-likeness (QED) is 0.497. The lowest BCUT2D eigenvalue weighted by Crippen LogP contribution is -2.48. The summed E-state index contributed by atoms with van der Waals surface area (Å²) in [6.45, 7) is 5.25. The molecule has 0 bridgehead atoms. The molecule has 0 heterocycles. The Bertz CT molecular complexity index is 1250. The van der Waals surface area contributed by atoms with Crippen LogP contribution in [-0.2, 0) is 25.2 Å². The minimum atomic E-state index is -1.83. The number of amides is 3. The maximum absolute atomic E-state index is 13.3. The fourth-order valence-electron chi connectivity index (χ4n) is 3.50. The van der Waals surface area contributed by atoms with Crippen molar-refractivity contribution in [2.45, 2.75) is 26.3 Å². The summed E-state index contributed by atoms with van der Waals surface area (Å²) in [5, 5.41) is 7.03. The molecule has 35 heavy (non-hydrogen) atoms. The molecule has 9 heteroatoms. The second-order valence-electron chi connectivity index (χ2n) is 9.06. The summed E-state index contributed by atoms with van der Waals surface area (Å²) >= 11 is 0. The molecule has 0 aliphatic rings. The van der Waals surface area contributed by atoms with Gasteiger partial charge in [-0.15, -0.1) is 0 Å². The molecule has 7 nitrogen and oxygen atoms in total. The van der Waals surface area contributed by atoms with Gasteiger partial charge in [0.15, 0.2) is 0 Å². The first-order chi connectivity index (χ1) is 16.5. The third kappa shape index (κ3) is 7.71. The van der Waals surface area contributed by atoms with Crippen molar-refractivity contribution in [3.05, 3.63) is 72.5 Å². The van der Waals surface area contributed by atoms with E-state index in [2.05, 4.69) is 10.6 Å². The van der Waals surface area contributed by atoms with Gasteiger partial charge in [0.1, 0.15) is 23.9 Å². The predicted octanol–water partition coefficient (Wildman–Crippen LogP) is 3.61. The minimum Gasteiger partial charge on any atom is -0.350 e. The third-order valence-corrected chi connectivity index (χ3v) is 6.03. The third-order valence-electron chi connectivity index (χ3n) is 4.88. The van der Waals surface area contributed by atoms with E-state index in [0.717, 1.165) is 10.8 Å². The molecule has 0 aliphatic carbocycles. The maximum Gasteiger partial charge on any atom is 0.240 e. The van der Waals surface area contributed by atoms with Gasteiger partial charge in [0.05, 0.1) is 5.69 Å². The Balaban J connectivity index is 1.76. The van der Waals surface area contributed by atoms with E-state index < -0.39 is 45.5 Å². The molecule has 0 radical (unpaired) electrons. The van der Waals surface area contributed by atoms with Crippen molar-refractivity contribution in [3.63, 3.8) is 0 Å². The van der Waals surface area contributed by atoms with E-state index in [4.69, 9.17) is 0 Å². The lowest BCUT2D eigenvalue weighted by atomic mass is 10.1. The molecular weight excluding hydrogens is 469 g/mol. The van der Waals surface area contributed by atoms with Gasteiger partial charge in [0.25, 0.3) is 0 Å². The van der Waals surface area contributed by atoms with Gasteiger partial charge in [-0.05, 0) is 56.5 Å². The predicted molar refractivity (Wildman–Crippen MR) is 137 cm³/mol. The Morgan fingerprint density at radius 1 is 0.886 bits per heavy atom. The molecule has 3 rings (SSSR count). The first kappa shape index (κ1) is 26.0. The van der Waals surface area contributed by atoms with Crippen LogP contribution in [0.3, 0.4) is 0 Å². The van der Waals surface area contributed by atoms with Crippen LogP contribution in [0.25, 0.3) is 10.8 Å². The molecule has 1 atom stereocenters. The van der Waals surface area contributed by atoms with Gasteiger partial charge in [-0.1, -0.05) is 36.4 Å². The van der Waals surface area contributed by atoms with Crippen molar-refractivity contribution >= 4 is 50.7 Å². The highest BCUT2D eigenvalue weighted by molar-refractivity contribution is 7.86. The van der Waals surface area contributed by atoms with Crippen LogP contribution in [0.1, 0.15) is 20.8 Å². The molecule has 1 unspecified atom stereocenters. The van der Waals surface area contributed by atoms with Gasteiger partial charge in [-0.2, -0.15) is 0 Å². The fourth-order valence-corrected chi connectivity index (χ4v) is 4.39. The number of hydrogen-bond acceptors (Lipinski definition) is 4. The van der Waals surface area contributed by atoms with E-state index in [0.29, 0.717) is 11.4 Å². The average molecular weight is 498 g/mol. The molecule has 3 aromatic carbocycles. The number of nitrogens with one attached hydrogen (secondary N) is 2. The van der Waals surface area contributed by atoms with Crippen LogP contribution >= 0.6 is 0 Å². The van der Waals surface area contributed by atoms with Gasteiger partial charge in [0.2, 0.25) is 17.7 Å². The van der Waals surface area contributed by atoms with Crippen LogP contribution in [-0.4, -0.2) is 45.5 Å². The van der Waals surface area contributed by atoms with Gasteiger partial charge in [-0.3, -0.25) is 18.6 Å². The molecule has 3 amide bonds. The van der Waals surface area contributed by atoms with E-state index in [9.17, 15) is 23.0 Å². The highest BCUT2D eigenvalue weighted by atomic mass is 32.2. The summed E-state index contributed by atoms with van der Waals surface area (Å²) in [7, 11) is -1.83. The number of halogens is 1. The number of fused-ring (bicyclic) bond motifs is 1. The Labute approximate surface area is 206 Å². The molecule has 0 spiro atoms. The summed E-state index contributed by atoms with van der Waals surface area (Å²) in [6, 6.07) is 18.0.